The fourth-order valence-corrected chi connectivity index (χ4v) is 25.0. The van der Waals surface area contributed by atoms with Crippen molar-refractivity contribution in [1.82, 2.24) is 0 Å². The molecule has 8 N–H and O–H groups in total. The summed E-state index contributed by atoms with van der Waals surface area (Å²) in [7, 11) is 0. The van der Waals surface area contributed by atoms with E-state index < -0.39 is 69.5 Å². The first-order valence-electron chi connectivity index (χ1n) is 62.8. The second-order valence-electron chi connectivity index (χ2n) is 45.7. The van der Waals surface area contributed by atoms with Gasteiger partial charge in [0.25, 0.3) is 4.70 Å². The highest BCUT2D eigenvalue weighted by atomic mass is 79.9. The molecule has 0 aromatic carbocycles. The highest BCUT2D eigenvalue weighted by Crippen LogP contribution is 2.64. The van der Waals surface area contributed by atoms with Crippen LogP contribution in [0.1, 0.15) is 723 Å². The Morgan fingerprint density at radius 2 is 0.338 bits per heavy atom. The topological polar surface area (TPSA) is 190 Å². The second-order valence-corrected chi connectivity index (χ2v) is 46.7. The van der Waals surface area contributed by atoms with Crippen molar-refractivity contribution < 1.29 is 55.1 Å². The normalized spacial score (nSPS) is 23.1. The first-order valence-corrected chi connectivity index (χ1v) is 63.6. The van der Waals surface area contributed by atoms with Crippen LogP contribution >= 0.6 is 15.9 Å². The highest BCUT2D eigenvalue weighted by Gasteiger charge is 2.82. The van der Waals surface area contributed by atoms with Gasteiger partial charge in [-0.2, -0.15) is 0 Å². The van der Waals surface area contributed by atoms with E-state index in [0.29, 0.717) is 44.9 Å². The van der Waals surface area contributed by atoms with Gasteiger partial charge in [-0.05, 0) is 60.9 Å². The van der Waals surface area contributed by atoms with Gasteiger partial charge in [0.2, 0.25) is 5.79 Å². The molecule has 0 radical (unpaired) electrons. The van der Waals surface area contributed by atoms with Crippen LogP contribution in [0.25, 0.3) is 0 Å². The predicted octanol–water partition coefficient (Wildman–Crippen LogP) is 39.0. The number of alkyl halides is 1. The van der Waals surface area contributed by atoms with Gasteiger partial charge in [0.15, 0.2) is 5.60 Å². The van der Waals surface area contributed by atoms with E-state index in [-0.39, 0.29) is 44.9 Å². The maximum Gasteiger partial charge on any atom is 0.257 e. The van der Waals surface area contributed by atoms with Gasteiger partial charge in [-0.25, -0.2) is 0 Å². The molecule has 0 aromatic rings. The smallest absolute Gasteiger partial charge is 0.257 e. The van der Waals surface area contributed by atoms with Crippen LogP contribution in [0, 0.1) is 0 Å². The van der Waals surface area contributed by atoms with E-state index >= 15 is 15.3 Å². The lowest BCUT2D eigenvalue weighted by molar-refractivity contribution is -0.504. The molecule has 0 saturated carbocycles. The van der Waals surface area contributed by atoms with Crippen molar-refractivity contribution in [3.63, 3.8) is 0 Å². The number of hydrogen-bond acceptors (Lipinski definition) is 11. The van der Waals surface area contributed by atoms with Crippen molar-refractivity contribution in [2.75, 3.05) is 13.2 Å². The summed E-state index contributed by atoms with van der Waals surface area (Å²) in [6.45, 7) is 14.7. The van der Waals surface area contributed by atoms with Crippen LogP contribution in [-0.4, -0.2) is 110 Å². The number of aliphatic hydroxyl groups is 8. The van der Waals surface area contributed by atoms with E-state index in [4.69, 9.17) is 14.2 Å². The Balaban J connectivity index is 3.21. The summed E-state index contributed by atoms with van der Waals surface area (Å²) in [5, 5.41) is 115. The van der Waals surface area contributed by atoms with E-state index in [1.807, 2.05) is 0 Å². The van der Waals surface area contributed by atoms with Crippen LogP contribution in [0.2, 0.25) is 0 Å². The Morgan fingerprint density at radius 1 is 0.176 bits per heavy atom. The lowest BCUT2D eigenvalue weighted by atomic mass is 9.56. The van der Waals surface area contributed by atoms with Crippen molar-refractivity contribution in [2.24, 2.45) is 0 Å². The third-order valence-electron chi connectivity index (χ3n) is 33.5. The SMILES string of the molecule is CCCCCCCCCCCCCCCC[C@@]1(O[C@]2(CCCCCCCCCCCCCCCC)[C@@H](CO)OC(O)(Br)[C@@](O)(CCCCCCCCCCCCCCCC)[C@]2(O)CCCCCCCCCCCCCCCC)O[C@H](CO)[C@@](O)(CCCCCCCCCCCCCCCC)[C@@](O)(CCCCCCCCCCCCCCCC)[C@]1(O)CCCCCCCCCCCCCCCC. The third kappa shape index (κ3) is 56.4. The molecule has 11 nitrogen and oxygen atoms in total. The minimum Gasteiger partial charge on any atom is -0.394 e. The molecule has 12 heteroatoms. The van der Waals surface area contributed by atoms with Crippen LogP contribution in [0.3, 0.4) is 0 Å². The van der Waals surface area contributed by atoms with Crippen molar-refractivity contribution in [2.45, 2.75) is 779 Å². The Kier molecular flexibility index (Phi) is 87.6. The largest absolute Gasteiger partial charge is 0.394 e. The average molecular weight is 1990 g/mol. The van der Waals surface area contributed by atoms with Crippen LogP contribution in [0.15, 0.2) is 0 Å². The van der Waals surface area contributed by atoms with E-state index in [1.165, 1.54) is 405 Å². The van der Waals surface area contributed by atoms with Crippen molar-refractivity contribution in [1.29, 1.82) is 0 Å². The van der Waals surface area contributed by atoms with Gasteiger partial charge >= 0.3 is 0 Å². The summed E-state index contributed by atoms with van der Waals surface area (Å²) in [5.41, 5.74) is -13.8. The van der Waals surface area contributed by atoms with Gasteiger partial charge in [-0.15, -0.1) is 0 Å². The number of unbranched alkanes of at least 4 members (excludes halogenated alkanes) is 91. The molecular formula is C124H245BrO11. The van der Waals surface area contributed by atoms with E-state index in [2.05, 4.69) is 64.4 Å². The molecule has 0 spiro atoms. The molecule has 814 valence electrons. The molecule has 2 fully saturated rings. The van der Waals surface area contributed by atoms with E-state index in [1.54, 1.807) is 0 Å². The van der Waals surface area contributed by atoms with Crippen LogP contribution in [0.4, 0.5) is 0 Å². The van der Waals surface area contributed by atoms with E-state index in [0.717, 1.165) is 180 Å². The summed E-state index contributed by atoms with van der Waals surface area (Å²) < 4.78 is 21.1. The van der Waals surface area contributed by atoms with Gasteiger partial charge in [-0.3, -0.25) is 0 Å². The summed E-state index contributed by atoms with van der Waals surface area (Å²) >= 11 is 3.71. The fourth-order valence-electron chi connectivity index (χ4n) is 24.3. The lowest BCUT2D eigenvalue weighted by Crippen LogP contribution is -2.89. The Morgan fingerprint density at radius 3 is 0.544 bits per heavy atom. The standard InChI is InChI=1S/C124H245BrO11/c1-8-15-22-29-36-43-50-57-64-71-78-85-92-99-106-117(128)115(113-126)134-123(112-105-98-91-84-77-70-63-56-49-42-35-28-21-14-7,121(131,110-103-96-89-82-75-68-61-54-47-40-33-26-19-12-5)119(117,129)108-101-94-87-80-73-66-59-52-45-38-31-24-17-10-3)136-118(107-100-93-86-79-72-65-58-51-44-37-30-23-16-9-2)116(114-127)135-124(125,133)122(132,111-104-97-90-83-76-69-62-55-48-41-34-27-20-13-6)120(118,130)109-102-95-88-81-74-67-60-53-46-39-32-25-18-11-4/h115-116,126-133H,8-114H2,1-7H3/t115-,116-,117+,118-,119+,120+,121-,122-,123+,124?/m1/s1. The summed E-state index contributed by atoms with van der Waals surface area (Å²) in [4.78, 5) is 0. The van der Waals surface area contributed by atoms with Gasteiger partial charge in [0.1, 0.15) is 40.2 Å². The monoisotopic (exact) mass is 1990 g/mol. The third-order valence-corrected chi connectivity index (χ3v) is 34.4. The summed E-state index contributed by atoms with van der Waals surface area (Å²) in [5.74, 6) is -2.27. The molecule has 0 amide bonds. The molecule has 0 aliphatic carbocycles. The van der Waals surface area contributed by atoms with Crippen molar-refractivity contribution in [3.05, 3.63) is 0 Å². The number of halogens is 1. The highest BCUT2D eigenvalue weighted by molar-refractivity contribution is 9.10. The second kappa shape index (κ2) is 90.2. The predicted molar refractivity (Wildman–Crippen MR) is 594 cm³/mol. The molecule has 1 unspecified atom stereocenters. The molecule has 2 rings (SSSR count). The number of ether oxygens (including phenoxy) is 3. The number of aliphatic hydroxyl groups excluding tert-OH is 2. The molecule has 2 aliphatic heterocycles. The average Bonchev–Trinajstić information content (AvgIpc) is 0.665. The van der Waals surface area contributed by atoms with E-state index in [9.17, 15) is 25.5 Å². The Bertz CT molecular complexity index is 2470. The minimum absolute atomic E-state index is 0.00532. The minimum atomic E-state index is -2.56. The van der Waals surface area contributed by atoms with Gasteiger partial charge in [0.05, 0.1) is 13.2 Å². The molecule has 0 bridgehead atoms. The van der Waals surface area contributed by atoms with Crippen molar-refractivity contribution >= 4 is 15.9 Å². The molecule has 0 aromatic heterocycles. The number of rotatable bonds is 109. The van der Waals surface area contributed by atoms with Crippen LogP contribution < -0.4 is 0 Å². The van der Waals surface area contributed by atoms with Gasteiger partial charge in [0, 0.05) is 6.42 Å². The Hall–Kier alpha value is 0.0400. The van der Waals surface area contributed by atoms with Crippen LogP contribution in [0.5, 0.6) is 0 Å². The van der Waals surface area contributed by atoms with Gasteiger partial charge < -0.3 is 55.1 Å². The Labute approximate surface area is 857 Å². The molecule has 2 saturated heterocycles. The first-order chi connectivity index (χ1) is 66.5. The molecule has 136 heavy (non-hydrogen) atoms. The summed E-state index contributed by atoms with van der Waals surface area (Å²) in [6.07, 6.45) is 110. The molecule has 10 atom stereocenters. The lowest BCUT2D eigenvalue weighted by Gasteiger charge is -2.70. The summed E-state index contributed by atoms with van der Waals surface area (Å²) in [6, 6.07) is 0. The fraction of sp³-hybridized carbons (Fsp3) is 1.00. The van der Waals surface area contributed by atoms with Crippen molar-refractivity contribution in [3.8, 4) is 0 Å². The maximum atomic E-state index is 15.9. The van der Waals surface area contributed by atoms with Crippen LogP contribution in [-0.2, 0) is 14.2 Å². The zero-order valence-electron chi connectivity index (χ0n) is 93.0. The maximum absolute atomic E-state index is 15.9. The quantitative estimate of drug-likeness (QED) is 0.0214. The molecule has 2 heterocycles. The molecule has 2 aliphatic rings. The number of hydrogen-bond donors (Lipinski definition) is 8. The van der Waals surface area contributed by atoms with Gasteiger partial charge in [-0.1, -0.05) is 671 Å². The zero-order chi connectivity index (χ0) is 98.9. The molecular weight excluding hydrogens is 1750 g/mol. The zero-order valence-corrected chi connectivity index (χ0v) is 94.6. The first kappa shape index (κ1) is 132.